The van der Waals surface area contributed by atoms with E-state index >= 15 is 0 Å². The number of carbonyl (C=O) groups is 2. The van der Waals surface area contributed by atoms with Crippen LogP contribution in [0.3, 0.4) is 0 Å². The van der Waals surface area contributed by atoms with Gasteiger partial charge in [0.2, 0.25) is 5.91 Å². The highest BCUT2D eigenvalue weighted by Gasteiger charge is 2.32. The largest absolute Gasteiger partial charge is 0.353 e. The summed E-state index contributed by atoms with van der Waals surface area (Å²) in [5, 5.41) is 2.79. The molecule has 0 aromatic heterocycles. The first kappa shape index (κ1) is 15.1. The minimum Gasteiger partial charge on any atom is -0.353 e. The van der Waals surface area contributed by atoms with E-state index in [4.69, 9.17) is 5.73 Å². The average Bonchev–Trinajstić information content (AvgIpc) is 2.52. The minimum atomic E-state index is -0.415. The number of hydrogen-bond acceptors (Lipinski definition) is 3. The number of hydrogen-bond donors (Lipinski definition) is 2. The fraction of sp³-hybridized carbons (Fsp3) is 0.375. The van der Waals surface area contributed by atoms with Crippen LogP contribution in [0.25, 0.3) is 0 Å². The zero-order valence-electron chi connectivity index (χ0n) is 12.1. The Morgan fingerprint density at radius 1 is 1.48 bits per heavy atom. The maximum atomic E-state index is 12.7. The molecule has 2 amide bonds. The number of nitrogens with zero attached hydrogens (tertiary/aromatic N) is 1. The second kappa shape index (κ2) is 6.91. The fourth-order valence-electron chi connectivity index (χ4n) is 2.44. The van der Waals surface area contributed by atoms with E-state index < -0.39 is 6.04 Å². The average molecular weight is 285 g/mol. The van der Waals surface area contributed by atoms with Crippen molar-refractivity contribution < 1.29 is 9.59 Å². The molecule has 1 saturated heterocycles. The molecule has 0 spiro atoms. The van der Waals surface area contributed by atoms with Crippen molar-refractivity contribution in [3.8, 4) is 11.8 Å². The van der Waals surface area contributed by atoms with Crippen molar-refractivity contribution in [2.75, 3.05) is 19.6 Å². The highest BCUT2D eigenvalue weighted by molar-refractivity contribution is 6.00. The number of nitrogens with one attached hydrogen (secondary N) is 1. The Labute approximate surface area is 124 Å². The Morgan fingerprint density at radius 2 is 2.24 bits per heavy atom. The van der Waals surface area contributed by atoms with Gasteiger partial charge in [-0.2, -0.15) is 0 Å². The highest BCUT2D eigenvalue weighted by Crippen LogP contribution is 2.16. The third kappa shape index (κ3) is 3.23. The summed E-state index contributed by atoms with van der Waals surface area (Å²) in [6.45, 7) is 3.14. The molecule has 1 heterocycles. The lowest BCUT2D eigenvalue weighted by molar-refractivity contribution is -0.127. The summed E-state index contributed by atoms with van der Waals surface area (Å²) in [4.78, 5) is 26.3. The Kier molecular flexibility index (Phi) is 4.96. The van der Waals surface area contributed by atoms with Gasteiger partial charge >= 0.3 is 0 Å². The monoisotopic (exact) mass is 285 g/mol. The number of piperazine rings is 1. The van der Waals surface area contributed by atoms with Crippen LogP contribution in [0.5, 0.6) is 0 Å². The molecule has 1 fully saturated rings. The third-order valence-electron chi connectivity index (χ3n) is 3.46. The van der Waals surface area contributed by atoms with Gasteiger partial charge in [0.15, 0.2) is 0 Å². The van der Waals surface area contributed by atoms with E-state index in [-0.39, 0.29) is 18.4 Å². The maximum Gasteiger partial charge on any atom is 0.255 e. The predicted molar refractivity (Wildman–Crippen MR) is 80.5 cm³/mol. The molecule has 0 aliphatic carbocycles. The van der Waals surface area contributed by atoms with Crippen LogP contribution < -0.4 is 11.1 Å². The van der Waals surface area contributed by atoms with Gasteiger partial charge in [0.25, 0.3) is 5.91 Å². The van der Waals surface area contributed by atoms with E-state index in [1.165, 1.54) is 0 Å². The molecule has 110 valence electrons. The number of benzene rings is 1. The van der Waals surface area contributed by atoms with Gasteiger partial charge in [-0.3, -0.25) is 9.59 Å². The normalized spacial score (nSPS) is 17.7. The molecule has 2 rings (SSSR count). The highest BCUT2D eigenvalue weighted by atomic mass is 16.2. The van der Waals surface area contributed by atoms with Gasteiger partial charge in [-0.1, -0.05) is 30.9 Å². The van der Waals surface area contributed by atoms with Crippen molar-refractivity contribution in [1.29, 1.82) is 0 Å². The van der Waals surface area contributed by atoms with Gasteiger partial charge in [-0.25, -0.2) is 0 Å². The molecular weight excluding hydrogens is 266 g/mol. The van der Waals surface area contributed by atoms with Gasteiger partial charge < -0.3 is 16.0 Å². The number of rotatable bonds is 2. The molecule has 0 saturated carbocycles. The van der Waals surface area contributed by atoms with Crippen LogP contribution >= 0.6 is 0 Å². The third-order valence-corrected chi connectivity index (χ3v) is 3.46. The molecule has 0 radical (unpaired) electrons. The first-order chi connectivity index (χ1) is 10.2. The second-order valence-electron chi connectivity index (χ2n) is 4.77. The fourth-order valence-corrected chi connectivity index (χ4v) is 2.44. The number of nitrogens with two attached hydrogens (primary N) is 1. The Hall–Kier alpha value is -2.32. The predicted octanol–water partition coefficient (Wildman–Crippen LogP) is 0.347. The lowest BCUT2D eigenvalue weighted by Crippen LogP contribution is -2.57. The quantitative estimate of drug-likeness (QED) is 0.770. The lowest BCUT2D eigenvalue weighted by Gasteiger charge is -2.34. The van der Waals surface area contributed by atoms with Crippen molar-refractivity contribution in [3.63, 3.8) is 0 Å². The Balaban J connectivity index is 2.33. The van der Waals surface area contributed by atoms with Crippen LogP contribution in [0, 0.1) is 11.8 Å². The molecule has 5 heteroatoms. The van der Waals surface area contributed by atoms with Gasteiger partial charge in [-0.05, 0) is 18.6 Å². The molecular formula is C16H19N3O2. The van der Waals surface area contributed by atoms with Gasteiger partial charge in [-0.15, -0.1) is 0 Å². The van der Waals surface area contributed by atoms with E-state index in [9.17, 15) is 9.59 Å². The molecule has 1 aromatic carbocycles. The molecule has 1 aliphatic heterocycles. The van der Waals surface area contributed by atoms with E-state index in [2.05, 4.69) is 17.2 Å². The summed E-state index contributed by atoms with van der Waals surface area (Å²) in [7, 11) is 0. The second-order valence-corrected chi connectivity index (χ2v) is 4.77. The number of amides is 2. The van der Waals surface area contributed by atoms with Gasteiger partial charge in [0.1, 0.15) is 6.04 Å². The van der Waals surface area contributed by atoms with E-state index in [0.717, 1.165) is 0 Å². The Bertz CT molecular complexity index is 601. The summed E-state index contributed by atoms with van der Waals surface area (Å²) < 4.78 is 0. The van der Waals surface area contributed by atoms with Crippen LogP contribution in [-0.4, -0.2) is 42.4 Å². The molecule has 1 aliphatic rings. The van der Waals surface area contributed by atoms with Crippen LogP contribution in [-0.2, 0) is 4.79 Å². The molecule has 3 N–H and O–H groups in total. The van der Waals surface area contributed by atoms with Crippen LogP contribution in [0.1, 0.15) is 29.3 Å². The summed E-state index contributed by atoms with van der Waals surface area (Å²) in [5.41, 5.74) is 6.55. The van der Waals surface area contributed by atoms with Crippen molar-refractivity contribution in [2.24, 2.45) is 5.73 Å². The van der Waals surface area contributed by atoms with Crippen molar-refractivity contribution in [1.82, 2.24) is 10.2 Å². The smallest absolute Gasteiger partial charge is 0.255 e. The molecule has 5 nitrogen and oxygen atoms in total. The molecule has 21 heavy (non-hydrogen) atoms. The summed E-state index contributed by atoms with van der Waals surface area (Å²) in [6.07, 6.45) is 0.591. The summed E-state index contributed by atoms with van der Waals surface area (Å²) in [6, 6.07) is 6.74. The minimum absolute atomic E-state index is 0.0948. The molecule has 1 atom stereocenters. The van der Waals surface area contributed by atoms with Gasteiger partial charge in [0, 0.05) is 18.7 Å². The zero-order valence-corrected chi connectivity index (χ0v) is 12.1. The van der Waals surface area contributed by atoms with Crippen LogP contribution in [0.2, 0.25) is 0 Å². The number of carbonyl (C=O) groups excluding carboxylic acids is 2. The zero-order chi connectivity index (χ0) is 15.2. The molecule has 1 aromatic rings. The van der Waals surface area contributed by atoms with E-state index in [1.807, 2.05) is 13.0 Å². The van der Waals surface area contributed by atoms with Crippen molar-refractivity contribution in [2.45, 2.75) is 19.4 Å². The van der Waals surface area contributed by atoms with Crippen LogP contribution in [0.15, 0.2) is 24.3 Å². The van der Waals surface area contributed by atoms with Crippen LogP contribution in [0.4, 0.5) is 0 Å². The summed E-state index contributed by atoms with van der Waals surface area (Å²) >= 11 is 0. The first-order valence-corrected chi connectivity index (χ1v) is 7.05. The Morgan fingerprint density at radius 3 is 2.95 bits per heavy atom. The van der Waals surface area contributed by atoms with E-state index in [0.29, 0.717) is 30.6 Å². The molecule has 0 bridgehead atoms. The maximum absolute atomic E-state index is 12.7. The standard InChI is InChI=1S/C16H19N3O2/c1-2-14-15(20)18-10-11-19(14)16(21)13-8-4-3-6-12(13)7-5-9-17/h3-4,6,8,14H,2,9-11,17H2,1H3,(H,18,20). The van der Waals surface area contributed by atoms with E-state index in [1.54, 1.807) is 23.1 Å². The van der Waals surface area contributed by atoms with Gasteiger partial charge in [0.05, 0.1) is 12.1 Å². The topological polar surface area (TPSA) is 75.4 Å². The van der Waals surface area contributed by atoms with Crippen molar-refractivity contribution in [3.05, 3.63) is 35.4 Å². The molecule has 1 unspecified atom stereocenters. The summed E-state index contributed by atoms with van der Waals surface area (Å²) in [5.74, 6) is 5.43. The lowest BCUT2D eigenvalue weighted by atomic mass is 10.0. The van der Waals surface area contributed by atoms with Crippen molar-refractivity contribution >= 4 is 11.8 Å². The first-order valence-electron chi connectivity index (χ1n) is 7.05. The SMILES string of the molecule is CCC1C(=O)NCCN1C(=O)c1ccccc1C#CCN.